The fourth-order valence-electron chi connectivity index (χ4n) is 2.72. The topological polar surface area (TPSA) is 59.8 Å². The van der Waals surface area contributed by atoms with Crippen molar-refractivity contribution < 1.29 is 9.47 Å². The second kappa shape index (κ2) is 5.36. The number of ether oxygens (including phenoxy) is 2. The van der Waals surface area contributed by atoms with Crippen LogP contribution in [0.5, 0.6) is 11.5 Å². The van der Waals surface area contributed by atoms with E-state index < -0.39 is 0 Å². The molecule has 1 fully saturated rings. The molecule has 0 amide bonds. The van der Waals surface area contributed by atoms with Crippen molar-refractivity contribution in [1.29, 1.82) is 0 Å². The second-order valence-electron chi connectivity index (χ2n) is 5.18. The number of nitrogens with two attached hydrogens (primary N) is 1. The van der Waals surface area contributed by atoms with Crippen molar-refractivity contribution in [2.75, 3.05) is 39.9 Å². The summed E-state index contributed by atoms with van der Waals surface area (Å²) in [7, 11) is 2.13. The summed E-state index contributed by atoms with van der Waals surface area (Å²) in [6, 6.07) is 6.31. The van der Waals surface area contributed by atoms with E-state index in [2.05, 4.69) is 17.3 Å². The Kier molecular flexibility index (Phi) is 3.59. The molecular formula is C14H21N3O2. The van der Waals surface area contributed by atoms with Gasteiger partial charge in [0.05, 0.1) is 0 Å². The predicted molar refractivity (Wildman–Crippen MR) is 73.6 cm³/mol. The van der Waals surface area contributed by atoms with Crippen LogP contribution in [0.2, 0.25) is 0 Å². The molecule has 0 bridgehead atoms. The van der Waals surface area contributed by atoms with Gasteiger partial charge in [0, 0.05) is 31.7 Å². The maximum atomic E-state index is 6.42. The number of rotatable bonds is 2. The monoisotopic (exact) mass is 263 g/mol. The van der Waals surface area contributed by atoms with Crippen molar-refractivity contribution in [3.63, 3.8) is 0 Å². The van der Waals surface area contributed by atoms with Crippen LogP contribution in [0.3, 0.4) is 0 Å². The maximum absolute atomic E-state index is 6.42. The third-order valence-corrected chi connectivity index (χ3v) is 3.93. The van der Waals surface area contributed by atoms with Crippen molar-refractivity contribution in [3.8, 4) is 11.5 Å². The van der Waals surface area contributed by atoms with Gasteiger partial charge in [-0.1, -0.05) is 6.07 Å². The summed E-state index contributed by atoms with van der Waals surface area (Å²) in [5.41, 5.74) is 7.52. The molecule has 2 heterocycles. The van der Waals surface area contributed by atoms with Gasteiger partial charge in [-0.15, -0.1) is 0 Å². The average Bonchev–Trinajstić information content (AvgIpc) is 2.46. The third-order valence-electron chi connectivity index (χ3n) is 3.93. The smallest absolute Gasteiger partial charge is 0.161 e. The summed E-state index contributed by atoms with van der Waals surface area (Å²) in [6.07, 6.45) is 0. The molecule has 2 unspecified atom stereocenters. The van der Waals surface area contributed by atoms with Crippen LogP contribution < -0.4 is 20.5 Å². The molecule has 3 rings (SSSR count). The highest BCUT2D eigenvalue weighted by Gasteiger charge is 2.27. The lowest BCUT2D eigenvalue weighted by molar-refractivity contribution is 0.167. The molecule has 0 aromatic heterocycles. The van der Waals surface area contributed by atoms with Gasteiger partial charge in [-0.3, -0.25) is 4.90 Å². The van der Waals surface area contributed by atoms with Crippen LogP contribution in [0, 0.1) is 0 Å². The van der Waals surface area contributed by atoms with Crippen molar-refractivity contribution in [2.45, 2.75) is 12.1 Å². The van der Waals surface area contributed by atoms with Gasteiger partial charge in [0.25, 0.3) is 0 Å². The molecule has 0 aliphatic carbocycles. The molecule has 1 saturated heterocycles. The van der Waals surface area contributed by atoms with Gasteiger partial charge in [-0.25, -0.2) is 0 Å². The number of hydrogen-bond acceptors (Lipinski definition) is 5. The van der Waals surface area contributed by atoms with Gasteiger partial charge in [-0.05, 0) is 24.7 Å². The second-order valence-corrected chi connectivity index (χ2v) is 5.18. The Morgan fingerprint density at radius 1 is 1.32 bits per heavy atom. The molecule has 2 aliphatic heterocycles. The third kappa shape index (κ3) is 2.54. The van der Waals surface area contributed by atoms with Crippen LogP contribution in [0.25, 0.3) is 0 Å². The predicted octanol–water partition coefficient (Wildman–Crippen LogP) is 0.361. The first-order valence-corrected chi connectivity index (χ1v) is 6.82. The van der Waals surface area contributed by atoms with Gasteiger partial charge >= 0.3 is 0 Å². The van der Waals surface area contributed by atoms with Crippen molar-refractivity contribution in [1.82, 2.24) is 10.2 Å². The van der Waals surface area contributed by atoms with E-state index in [0.717, 1.165) is 36.7 Å². The zero-order valence-electron chi connectivity index (χ0n) is 11.3. The Bertz CT molecular complexity index is 452. The molecule has 2 atom stereocenters. The fourth-order valence-corrected chi connectivity index (χ4v) is 2.72. The number of nitrogens with one attached hydrogen (secondary N) is 1. The molecular weight excluding hydrogens is 242 g/mol. The normalized spacial score (nSPS) is 25.1. The molecule has 5 nitrogen and oxygen atoms in total. The van der Waals surface area contributed by atoms with Gasteiger partial charge in [-0.2, -0.15) is 0 Å². The van der Waals surface area contributed by atoms with Crippen molar-refractivity contribution >= 4 is 0 Å². The van der Waals surface area contributed by atoms with E-state index in [9.17, 15) is 0 Å². The molecule has 0 radical (unpaired) electrons. The molecule has 0 spiro atoms. The first-order chi connectivity index (χ1) is 9.25. The maximum Gasteiger partial charge on any atom is 0.161 e. The molecule has 104 valence electrons. The molecule has 5 heteroatoms. The average molecular weight is 263 g/mol. The number of fused-ring (bicyclic) bond motifs is 1. The van der Waals surface area contributed by atoms with Gasteiger partial charge in [0.2, 0.25) is 0 Å². The summed E-state index contributed by atoms with van der Waals surface area (Å²) in [4.78, 5) is 2.32. The van der Waals surface area contributed by atoms with Crippen LogP contribution in [-0.2, 0) is 0 Å². The van der Waals surface area contributed by atoms with Crippen molar-refractivity contribution in [3.05, 3.63) is 23.8 Å². The van der Waals surface area contributed by atoms with Gasteiger partial charge in [0.15, 0.2) is 11.5 Å². The van der Waals surface area contributed by atoms with E-state index in [1.165, 1.54) is 0 Å². The molecule has 0 saturated carbocycles. The number of nitrogens with zero attached hydrogens (tertiary/aromatic N) is 1. The minimum atomic E-state index is -0.0198. The summed E-state index contributed by atoms with van der Waals surface area (Å²) < 4.78 is 11.2. The quantitative estimate of drug-likeness (QED) is 0.807. The first kappa shape index (κ1) is 12.7. The van der Waals surface area contributed by atoms with Crippen LogP contribution >= 0.6 is 0 Å². The number of hydrogen-bond donors (Lipinski definition) is 2. The number of piperazine rings is 1. The highest BCUT2D eigenvalue weighted by atomic mass is 16.6. The molecule has 3 N–H and O–H groups in total. The van der Waals surface area contributed by atoms with Crippen molar-refractivity contribution in [2.24, 2.45) is 5.73 Å². The number of likely N-dealkylation sites (N-methyl/N-ethyl adjacent to an activating group) is 1. The first-order valence-electron chi connectivity index (χ1n) is 6.82. The van der Waals surface area contributed by atoms with E-state index in [-0.39, 0.29) is 6.04 Å². The molecule has 19 heavy (non-hydrogen) atoms. The molecule has 1 aromatic rings. The van der Waals surface area contributed by atoms with E-state index in [0.29, 0.717) is 19.3 Å². The summed E-state index contributed by atoms with van der Waals surface area (Å²) in [6.45, 7) is 4.21. The molecule has 1 aromatic carbocycles. The van der Waals surface area contributed by atoms with Gasteiger partial charge in [0.1, 0.15) is 13.2 Å². The number of benzene rings is 1. The summed E-state index contributed by atoms with van der Waals surface area (Å²) in [5, 5.41) is 3.40. The van der Waals surface area contributed by atoms with E-state index in [4.69, 9.17) is 15.2 Å². The lowest BCUT2D eigenvalue weighted by Gasteiger charge is -2.37. The fraction of sp³-hybridized carbons (Fsp3) is 0.571. The lowest BCUT2D eigenvalue weighted by Crippen LogP contribution is -2.53. The minimum absolute atomic E-state index is 0.0198. The summed E-state index contributed by atoms with van der Waals surface area (Å²) in [5.74, 6) is 1.63. The summed E-state index contributed by atoms with van der Waals surface area (Å²) >= 11 is 0. The van der Waals surface area contributed by atoms with E-state index >= 15 is 0 Å². The Morgan fingerprint density at radius 2 is 2.11 bits per heavy atom. The minimum Gasteiger partial charge on any atom is -0.486 e. The van der Waals surface area contributed by atoms with Crippen LogP contribution in [0.15, 0.2) is 18.2 Å². The van der Waals surface area contributed by atoms with Crippen LogP contribution in [-0.4, -0.2) is 50.8 Å². The zero-order valence-corrected chi connectivity index (χ0v) is 11.3. The Balaban J connectivity index is 1.80. The Morgan fingerprint density at radius 3 is 2.89 bits per heavy atom. The standard InChI is InChI=1S/C14H21N3O2/c1-17-5-4-16-9-11(17)14(15)10-2-3-12-13(8-10)19-7-6-18-12/h2-3,8,11,14,16H,4-7,9,15H2,1H3. The van der Waals surface area contributed by atoms with E-state index in [1.807, 2.05) is 18.2 Å². The SMILES string of the molecule is CN1CCNCC1C(N)c1ccc2c(c1)OCCO2. The highest BCUT2D eigenvalue weighted by molar-refractivity contribution is 5.45. The van der Waals surface area contributed by atoms with E-state index in [1.54, 1.807) is 0 Å². The van der Waals surface area contributed by atoms with Crippen LogP contribution in [0.1, 0.15) is 11.6 Å². The Labute approximate surface area is 113 Å². The Hall–Kier alpha value is -1.30. The highest BCUT2D eigenvalue weighted by Crippen LogP contribution is 2.33. The largest absolute Gasteiger partial charge is 0.486 e. The van der Waals surface area contributed by atoms with Gasteiger partial charge < -0.3 is 20.5 Å². The molecule has 2 aliphatic rings. The van der Waals surface area contributed by atoms with Crippen LogP contribution in [0.4, 0.5) is 0 Å². The zero-order chi connectivity index (χ0) is 13.2. The lowest BCUT2D eigenvalue weighted by atomic mass is 9.97.